The molecule has 0 saturated heterocycles. The van der Waals surface area contributed by atoms with Gasteiger partial charge in [0.1, 0.15) is 5.82 Å². The van der Waals surface area contributed by atoms with E-state index in [9.17, 15) is 4.79 Å². The van der Waals surface area contributed by atoms with E-state index in [2.05, 4.69) is 62.3 Å². The quantitative estimate of drug-likeness (QED) is 0.439. The molecule has 0 atom stereocenters. The fourth-order valence-corrected chi connectivity index (χ4v) is 3.78. The fraction of sp³-hybridized carbons (Fsp3) is 0. The van der Waals surface area contributed by atoms with Crippen LogP contribution in [0.3, 0.4) is 0 Å². The van der Waals surface area contributed by atoms with E-state index in [0.717, 1.165) is 16.7 Å². The van der Waals surface area contributed by atoms with Gasteiger partial charge in [0.15, 0.2) is 0 Å². The third-order valence-corrected chi connectivity index (χ3v) is 5.22. The van der Waals surface area contributed by atoms with Gasteiger partial charge in [0.2, 0.25) is 0 Å². The Morgan fingerprint density at radius 2 is 1.48 bits per heavy atom. The van der Waals surface area contributed by atoms with E-state index >= 15 is 0 Å². The molecule has 0 unspecified atom stereocenters. The van der Waals surface area contributed by atoms with Crippen LogP contribution in [0.4, 0.5) is 5.82 Å². The molecule has 4 rings (SSSR count). The van der Waals surface area contributed by atoms with Crippen molar-refractivity contribution < 1.29 is 0 Å². The minimum absolute atomic E-state index is 0.194. The van der Waals surface area contributed by atoms with Crippen molar-refractivity contribution in [2.45, 2.75) is 0 Å². The van der Waals surface area contributed by atoms with Gasteiger partial charge in [-0.05, 0) is 38.9 Å². The maximum Gasteiger partial charge on any atom is 0.260 e. The molecule has 0 fully saturated rings. The lowest BCUT2D eigenvalue weighted by atomic mass is 9.96. The summed E-state index contributed by atoms with van der Waals surface area (Å²) in [5, 5.41) is 0. The molecule has 0 aliphatic heterocycles. The van der Waals surface area contributed by atoms with Crippen LogP contribution in [0.15, 0.2) is 95.0 Å². The Kier molecular flexibility index (Phi) is 5.40. The number of nitrogens with two attached hydrogens (primary N) is 1. The summed E-state index contributed by atoms with van der Waals surface area (Å²) in [5.74, 6) is 0.194. The van der Waals surface area contributed by atoms with Crippen LogP contribution in [0, 0.1) is 0 Å². The van der Waals surface area contributed by atoms with Crippen molar-refractivity contribution in [3.63, 3.8) is 0 Å². The lowest BCUT2D eigenvalue weighted by molar-refractivity contribution is 1.11. The number of benzene rings is 3. The maximum atomic E-state index is 12.2. The van der Waals surface area contributed by atoms with E-state index in [4.69, 9.17) is 5.73 Å². The predicted molar refractivity (Wildman–Crippen MR) is 123 cm³/mol. The summed E-state index contributed by atoms with van der Waals surface area (Å²) in [7, 11) is 0. The number of nitrogens with one attached hydrogen (secondary N) is 1. The Morgan fingerprint density at radius 1 is 0.862 bits per heavy atom. The Morgan fingerprint density at radius 3 is 2.10 bits per heavy atom. The van der Waals surface area contributed by atoms with Gasteiger partial charge in [-0.15, -0.1) is 0 Å². The van der Waals surface area contributed by atoms with Crippen LogP contribution in [0.25, 0.3) is 27.8 Å². The number of hydrogen-bond acceptors (Lipinski definition) is 3. The molecule has 4 nitrogen and oxygen atoms in total. The molecular weight excluding hydrogens is 426 g/mol. The molecule has 5 heteroatoms. The molecule has 1 aromatic heterocycles. The van der Waals surface area contributed by atoms with Crippen LogP contribution >= 0.6 is 15.9 Å². The second kappa shape index (κ2) is 8.29. The number of aromatic nitrogens is 2. The van der Waals surface area contributed by atoms with Crippen molar-refractivity contribution in [2.75, 3.05) is 5.73 Å². The summed E-state index contributed by atoms with van der Waals surface area (Å²) in [6.07, 6.45) is 1.30. The number of anilines is 1. The molecule has 142 valence electrons. The SMILES string of the molecule is Nc1nc[nH]c(=O)c1/C(=C/Br)c1ccc(-c2cccc(-c3ccccc3)c2)cc1. The van der Waals surface area contributed by atoms with Gasteiger partial charge in [0.25, 0.3) is 5.56 Å². The number of nitrogens with zero attached hydrogens (tertiary/aromatic N) is 1. The van der Waals surface area contributed by atoms with E-state index in [-0.39, 0.29) is 11.4 Å². The lowest BCUT2D eigenvalue weighted by Crippen LogP contribution is -2.16. The second-order valence-electron chi connectivity index (χ2n) is 6.54. The summed E-state index contributed by atoms with van der Waals surface area (Å²) in [6.45, 7) is 0. The first kappa shape index (κ1) is 18.9. The molecular formula is C24H18BrN3O. The third kappa shape index (κ3) is 3.91. The lowest BCUT2D eigenvalue weighted by Gasteiger charge is -2.10. The van der Waals surface area contributed by atoms with E-state index in [1.807, 2.05) is 42.5 Å². The molecule has 0 aliphatic rings. The smallest absolute Gasteiger partial charge is 0.260 e. The highest BCUT2D eigenvalue weighted by Crippen LogP contribution is 2.30. The van der Waals surface area contributed by atoms with Gasteiger partial charge in [-0.2, -0.15) is 0 Å². The van der Waals surface area contributed by atoms with Crippen molar-refractivity contribution in [3.05, 3.63) is 112 Å². The highest BCUT2D eigenvalue weighted by Gasteiger charge is 2.13. The highest BCUT2D eigenvalue weighted by atomic mass is 79.9. The van der Waals surface area contributed by atoms with Gasteiger partial charge in [0, 0.05) is 5.57 Å². The Balaban J connectivity index is 1.69. The van der Waals surface area contributed by atoms with Crippen LogP contribution in [-0.4, -0.2) is 9.97 Å². The zero-order chi connectivity index (χ0) is 20.2. The highest BCUT2D eigenvalue weighted by molar-refractivity contribution is 9.11. The number of halogens is 1. The van der Waals surface area contributed by atoms with Gasteiger partial charge < -0.3 is 10.7 Å². The fourth-order valence-electron chi connectivity index (χ4n) is 3.29. The zero-order valence-corrected chi connectivity index (χ0v) is 17.1. The molecule has 3 aromatic carbocycles. The summed E-state index contributed by atoms with van der Waals surface area (Å²) in [4.78, 5) is 20.5. The molecule has 0 saturated carbocycles. The van der Waals surface area contributed by atoms with E-state index in [1.54, 1.807) is 4.99 Å². The molecule has 0 spiro atoms. The van der Waals surface area contributed by atoms with Crippen molar-refractivity contribution >= 4 is 27.3 Å². The van der Waals surface area contributed by atoms with Crippen molar-refractivity contribution in [1.82, 2.24) is 9.97 Å². The molecule has 0 amide bonds. The molecule has 0 aliphatic carbocycles. The minimum atomic E-state index is -0.275. The van der Waals surface area contributed by atoms with Crippen LogP contribution in [0.5, 0.6) is 0 Å². The van der Waals surface area contributed by atoms with Gasteiger partial charge in [-0.3, -0.25) is 4.79 Å². The van der Waals surface area contributed by atoms with Gasteiger partial charge in [0.05, 0.1) is 11.9 Å². The number of H-pyrrole nitrogens is 1. The normalized spacial score (nSPS) is 11.4. The van der Waals surface area contributed by atoms with Crippen molar-refractivity contribution in [1.29, 1.82) is 0 Å². The van der Waals surface area contributed by atoms with Gasteiger partial charge in [-0.25, -0.2) is 4.98 Å². The van der Waals surface area contributed by atoms with E-state index < -0.39 is 0 Å². The van der Waals surface area contributed by atoms with Crippen molar-refractivity contribution in [3.8, 4) is 22.3 Å². The van der Waals surface area contributed by atoms with Crippen LogP contribution < -0.4 is 11.3 Å². The molecule has 0 radical (unpaired) electrons. The monoisotopic (exact) mass is 443 g/mol. The average Bonchev–Trinajstić information content (AvgIpc) is 2.77. The first-order valence-corrected chi connectivity index (χ1v) is 9.99. The predicted octanol–water partition coefficient (Wildman–Crippen LogP) is 5.47. The third-order valence-electron chi connectivity index (χ3n) is 4.76. The average molecular weight is 444 g/mol. The maximum absolute atomic E-state index is 12.2. The van der Waals surface area contributed by atoms with Crippen LogP contribution in [0.1, 0.15) is 11.1 Å². The molecule has 0 bridgehead atoms. The Hall–Kier alpha value is -3.44. The topological polar surface area (TPSA) is 71.8 Å². The van der Waals surface area contributed by atoms with Crippen molar-refractivity contribution in [2.24, 2.45) is 0 Å². The molecule has 3 N–H and O–H groups in total. The largest absolute Gasteiger partial charge is 0.383 e. The summed E-state index contributed by atoms with van der Waals surface area (Å²) >= 11 is 3.36. The van der Waals surface area contributed by atoms with Crippen LogP contribution in [-0.2, 0) is 0 Å². The summed E-state index contributed by atoms with van der Waals surface area (Å²) < 4.78 is 0. The standard InChI is InChI=1S/C24H18BrN3O/c25-14-21(22-23(26)27-15-28-24(22)29)18-11-9-17(10-12-18)20-8-4-7-19(13-20)16-5-2-1-3-6-16/h1-15H,(H3,26,27,28,29)/b21-14+. The number of rotatable bonds is 4. The van der Waals surface area contributed by atoms with E-state index in [1.165, 1.54) is 17.5 Å². The summed E-state index contributed by atoms with van der Waals surface area (Å²) in [6, 6.07) is 26.8. The molecule has 1 heterocycles. The van der Waals surface area contributed by atoms with Gasteiger partial charge in [-0.1, -0.05) is 88.7 Å². The Bertz CT molecular complexity index is 1230. The molecule has 29 heavy (non-hydrogen) atoms. The minimum Gasteiger partial charge on any atom is -0.383 e. The number of aromatic amines is 1. The first-order chi connectivity index (χ1) is 14.2. The zero-order valence-electron chi connectivity index (χ0n) is 15.5. The Labute approximate surface area is 176 Å². The first-order valence-electron chi connectivity index (χ1n) is 9.07. The van der Waals surface area contributed by atoms with E-state index in [0.29, 0.717) is 11.1 Å². The second-order valence-corrected chi connectivity index (χ2v) is 7.00. The van der Waals surface area contributed by atoms with Crippen LogP contribution in [0.2, 0.25) is 0 Å². The van der Waals surface area contributed by atoms with Gasteiger partial charge >= 0.3 is 0 Å². The molecule has 4 aromatic rings. The summed E-state index contributed by atoms with van der Waals surface area (Å²) in [5.41, 5.74) is 12.1. The number of nitrogen functional groups attached to an aromatic ring is 1. The number of hydrogen-bond donors (Lipinski definition) is 2.